The standard InChI is InChI=1S/C54H61FN10O5/c1-2-33-4-3-5-34-19-39(66)20-41(45(33)34)47-46(55)48-42(21-56-47)49(64-26-36-6-7-37(27-64)57-36)60-52(59-48)70-31-54(12-13-54)30-61-22-32(23-61)24-62-28-53(29-62)14-16-63(17-15-53)38-8-9-40-35(18-38)25-65(51(40)69)43-10-11-44(67)58-50(43)68/h3-5,8-9,18-21,32,36-37,43,57,66H,2,6-7,10-17,22-31H2,1H3,(H,58,67,68). The quantitative estimate of drug-likeness (QED) is 0.132. The Morgan fingerprint density at radius 1 is 0.886 bits per heavy atom. The van der Waals surface area contributed by atoms with Gasteiger partial charge >= 0.3 is 6.01 Å². The van der Waals surface area contributed by atoms with Crippen molar-refractivity contribution in [3.8, 4) is 23.0 Å². The number of nitrogens with one attached hydrogen (secondary N) is 2. The number of hydrogen-bond acceptors (Lipinski definition) is 13. The van der Waals surface area contributed by atoms with Crippen molar-refractivity contribution in [3.63, 3.8) is 0 Å². The van der Waals surface area contributed by atoms with Crippen LogP contribution >= 0.6 is 0 Å². The Labute approximate surface area is 406 Å². The molecule has 16 heteroatoms. The number of hydrogen-bond donors (Lipinski definition) is 3. The van der Waals surface area contributed by atoms with Gasteiger partial charge in [-0.2, -0.15) is 9.97 Å². The van der Waals surface area contributed by atoms with Crippen molar-refractivity contribution in [1.82, 2.24) is 40.3 Å². The second-order valence-electron chi connectivity index (χ2n) is 22.2. The highest BCUT2D eigenvalue weighted by Gasteiger charge is 2.49. The number of anilines is 2. The number of likely N-dealkylation sites (tertiary alicyclic amines) is 2. The molecule has 1 spiro atoms. The lowest BCUT2D eigenvalue weighted by molar-refractivity contribution is -0.136. The van der Waals surface area contributed by atoms with Gasteiger partial charge in [-0.15, -0.1) is 0 Å². The van der Waals surface area contributed by atoms with Gasteiger partial charge in [0.2, 0.25) is 11.8 Å². The van der Waals surface area contributed by atoms with E-state index in [-0.39, 0.29) is 52.5 Å². The molecule has 70 heavy (non-hydrogen) atoms. The third kappa shape index (κ3) is 7.81. The molecule has 13 rings (SSSR count). The molecule has 6 saturated heterocycles. The Morgan fingerprint density at radius 2 is 1.69 bits per heavy atom. The molecule has 15 nitrogen and oxygen atoms in total. The molecule has 2 bridgehead atoms. The first kappa shape index (κ1) is 44.0. The lowest BCUT2D eigenvalue weighted by atomic mass is 9.71. The summed E-state index contributed by atoms with van der Waals surface area (Å²) in [5, 5.41) is 19.2. The van der Waals surface area contributed by atoms with Crippen molar-refractivity contribution >= 4 is 50.9 Å². The third-order valence-electron chi connectivity index (χ3n) is 17.2. The number of piperazine rings is 1. The molecule has 7 fully saturated rings. The van der Waals surface area contributed by atoms with Crippen LogP contribution in [0, 0.1) is 22.6 Å². The summed E-state index contributed by atoms with van der Waals surface area (Å²) in [6.07, 6.45) is 9.76. The zero-order valence-electron chi connectivity index (χ0n) is 39.9. The van der Waals surface area contributed by atoms with Gasteiger partial charge in [0.05, 0.1) is 12.0 Å². The maximum atomic E-state index is 17.2. The maximum absolute atomic E-state index is 17.2. The van der Waals surface area contributed by atoms with Crippen LogP contribution in [-0.4, -0.2) is 143 Å². The lowest BCUT2D eigenvalue weighted by Crippen LogP contribution is -2.63. The monoisotopic (exact) mass is 948 g/mol. The first-order valence-corrected chi connectivity index (χ1v) is 25.7. The minimum atomic E-state index is -0.599. The van der Waals surface area contributed by atoms with E-state index in [0.29, 0.717) is 65.3 Å². The van der Waals surface area contributed by atoms with E-state index in [0.717, 1.165) is 138 Å². The summed E-state index contributed by atoms with van der Waals surface area (Å²) in [6, 6.07) is 15.7. The van der Waals surface area contributed by atoms with E-state index >= 15 is 4.39 Å². The van der Waals surface area contributed by atoms with E-state index in [1.165, 1.54) is 0 Å². The molecule has 5 aromatic rings. The summed E-state index contributed by atoms with van der Waals surface area (Å²) >= 11 is 0. The van der Waals surface area contributed by atoms with E-state index in [1.807, 2.05) is 24.3 Å². The van der Waals surface area contributed by atoms with Gasteiger partial charge in [-0.3, -0.25) is 24.7 Å². The van der Waals surface area contributed by atoms with Gasteiger partial charge in [-0.05, 0) is 115 Å². The molecule has 1 saturated carbocycles. The van der Waals surface area contributed by atoms with Gasteiger partial charge < -0.3 is 39.7 Å². The molecule has 2 aromatic heterocycles. The Balaban J connectivity index is 0.627. The first-order valence-electron chi connectivity index (χ1n) is 25.7. The molecule has 8 aliphatic rings. The second kappa shape index (κ2) is 16.8. The number of fused-ring (bicyclic) bond motifs is 5. The summed E-state index contributed by atoms with van der Waals surface area (Å²) in [6.45, 7) is 13.1. The van der Waals surface area contributed by atoms with E-state index in [4.69, 9.17) is 19.7 Å². The number of carbonyl (C=O) groups excluding carboxylic acids is 3. The molecule has 1 aliphatic carbocycles. The second-order valence-corrected chi connectivity index (χ2v) is 22.2. The van der Waals surface area contributed by atoms with Gasteiger partial charge in [0.15, 0.2) is 5.82 Å². The van der Waals surface area contributed by atoms with E-state index in [2.05, 4.69) is 49.3 Å². The number of aromatic hydroxyl groups is 1. The van der Waals surface area contributed by atoms with Crippen LogP contribution < -0.4 is 25.2 Å². The average molecular weight is 949 g/mol. The molecule has 3 atom stereocenters. The van der Waals surface area contributed by atoms with Gasteiger partial charge in [-0.1, -0.05) is 25.1 Å². The molecule has 3 unspecified atom stereocenters. The van der Waals surface area contributed by atoms with Crippen molar-refractivity contribution in [1.29, 1.82) is 0 Å². The molecular formula is C54H61FN10O5. The molecular weight excluding hydrogens is 888 g/mol. The van der Waals surface area contributed by atoms with Crippen LogP contribution in [0.4, 0.5) is 15.9 Å². The Bertz CT molecular complexity index is 2950. The van der Waals surface area contributed by atoms with Crippen LogP contribution in [0.25, 0.3) is 32.9 Å². The van der Waals surface area contributed by atoms with Gasteiger partial charge in [0, 0.05) is 119 Å². The number of amides is 3. The van der Waals surface area contributed by atoms with E-state index in [1.54, 1.807) is 23.2 Å². The molecule has 364 valence electrons. The summed E-state index contributed by atoms with van der Waals surface area (Å²) in [7, 11) is 0. The van der Waals surface area contributed by atoms with Crippen LogP contribution in [0.2, 0.25) is 0 Å². The number of imide groups is 1. The van der Waals surface area contributed by atoms with Crippen molar-refractivity contribution in [3.05, 3.63) is 77.2 Å². The highest BCUT2D eigenvalue weighted by molar-refractivity contribution is 6.06. The summed E-state index contributed by atoms with van der Waals surface area (Å²) < 4.78 is 23.7. The van der Waals surface area contributed by atoms with Crippen LogP contribution in [0.3, 0.4) is 0 Å². The summed E-state index contributed by atoms with van der Waals surface area (Å²) in [5.41, 5.74) is 5.11. The zero-order valence-corrected chi connectivity index (χ0v) is 39.9. The van der Waals surface area contributed by atoms with Crippen LogP contribution in [0.5, 0.6) is 11.8 Å². The topological polar surface area (TPSA) is 160 Å². The number of aryl methyl sites for hydroxylation is 1. The fourth-order valence-electron chi connectivity index (χ4n) is 13.3. The molecule has 3 amide bonds. The van der Waals surface area contributed by atoms with E-state index < -0.39 is 11.9 Å². The minimum Gasteiger partial charge on any atom is -0.508 e. The number of ether oxygens (including phenoxy) is 1. The largest absolute Gasteiger partial charge is 0.508 e. The zero-order chi connectivity index (χ0) is 47.5. The highest BCUT2D eigenvalue weighted by Crippen LogP contribution is 2.49. The number of aromatic nitrogens is 3. The lowest BCUT2D eigenvalue weighted by Gasteiger charge is -2.56. The summed E-state index contributed by atoms with van der Waals surface area (Å²) in [5.74, 6) is 0.0683. The Morgan fingerprint density at radius 3 is 2.44 bits per heavy atom. The number of nitrogens with zero attached hydrogens (tertiary/aromatic N) is 8. The summed E-state index contributed by atoms with van der Waals surface area (Å²) in [4.78, 5) is 63.6. The van der Waals surface area contributed by atoms with Crippen molar-refractivity contribution in [2.75, 3.05) is 81.9 Å². The molecule has 3 aromatic carbocycles. The molecule has 9 heterocycles. The number of phenols is 1. The first-order chi connectivity index (χ1) is 34.0. The van der Waals surface area contributed by atoms with Gasteiger partial charge in [-0.25, -0.2) is 4.39 Å². The molecule has 3 N–H and O–H groups in total. The number of phenolic OH excluding ortho intramolecular Hbond substituents is 1. The van der Waals surface area contributed by atoms with Gasteiger partial charge in [0.1, 0.15) is 28.8 Å². The Hall–Kier alpha value is -5.97. The average Bonchev–Trinajstić information content (AvgIpc) is 3.92. The van der Waals surface area contributed by atoms with Crippen molar-refractivity contribution < 1.29 is 28.6 Å². The number of benzene rings is 3. The predicted octanol–water partition coefficient (Wildman–Crippen LogP) is 5.65. The predicted molar refractivity (Wildman–Crippen MR) is 263 cm³/mol. The fourth-order valence-corrected chi connectivity index (χ4v) is 13.3. The number of piperidine rings is 2. The smallest absolute Gasteiger partial charge is 0.319 e. The molecule has 0 radical (unpaired) electrons. The fraction of sp³-hybridized carbons (Fsp3) is 0.519. The SMILES string of the molecule is CCc1cccc2cc(O)cc(-c3ncc4c(N5CC6CCC(C5)N6)nc(OCC5(CN6CC(CN7CC8(CCN(c9ccc%10c(c9)CN(C9CCC(=O)NC9=O)C%10=O)CC8)C7)C6)CC5)nc4c3F)c12. The normalized spacial score (nSPS) is 25.1. The molecule has 7 aliphatic heterocycles. The van der Waals surface area contributed by atoms with Crippen molar-refractivity contribution in [2.24, 2.45) is 16.7 Å². The number of pyridine rings is 1. The maximum Gasteiger partial charge on any atom is 0.319 e. The van der Waals surface area contributed by atoms with Crippen LogP contribution in [-0.2, 0) is 22.6 Å². The third-order valence-corrected chi connectivity index (χ3v) is 17.2. The number of carbonyl (C=O) groups is 3. The van der Waals surface area contributed by atoms with Crippen molar-refractivity contribution in [2.45, 2.75) is 89.4 Å². The number of halogens is 1. The number of rotatable bonds is 12. The van der Waals surface area contributed by atoms with E-state index in [9.17, 15) is 19.5 Å². The van der Waals surface area contributed by atoms with Crippen LogP contribution in [0.15, 0.2) is 54.7 Å². The van der Waals surface area contributed by atoms with Gasteiger partial charge in [0.25, 0.3) is 5.91 Å². The highest BCUT2D eigenvalue weighted by atomic mass is 19.1. The minimum absolute atomic E-state index is 0.0344. The Kier molecular flexibility index (Phi) is 10.6. The van der Waals surface area contributed by atoms with Crippen LogP contribution in [0.1, 0.15) is 79.8 Å².